The Balaban J connectivity index is 1.78. The number of thioether (sulfide) groups is 1. The summed E-state index contributed by atoms with van der Waals surface area (Å²) in [4.78, 5) is 44.6. The summed E-state index contributed by atoms with van der Waals surface area (Å²) in [7, 11) is 1.58. The van der Waals surface area contributed by atoms with Gasteiger partial charge in [0.25, 0.3) is 5.91 Å². The van der Waals surface area contributed by atoms with Crippen LogP contribution in [0, 0.1) is 11.8 Å². The number of hydrogen-bond acceptors (Lipinski definition) is 7. The second-order valence-electron chi connectivity index (χ2n) is 9.40. The molecule has 3 saturated heterocycles. The number of fused-ring (bicyclic) bond motifs is 1. The first-order valence-electron chi connectivity index (χ1n) is 12.3. The summed E-state index contributed by atoms with van der Waals surface area (Å²) in [5, 5.41) is 10.1. The molecule has 3 aliphatic heterocycles. The predicted octanol–water partition coefficient (Wildman–Crippen LogP) is 2.81. The Bertz CT molecular complexity index is 1030. The van der Waals surface area contributed by atoms with Crippen molar-refractivity contribution < 1.29 is 29.0 Å². The largest absolute Gasteiger partial charge is 0.497 e. The number of amides is 2. The maximum Gasteiger partial charge on any atom is 0.311 e. The van der Waals surface area contributed by atoms with Crippen LogP contribution in [0.25, 0.3) is 0 Å². The quantitative estimate of drug-likeness (QED) is 0.358. The number of benzene rings is 1. The molecule has 2 bridgehead atoms. The van der Waals surface area contributed by atoms with Gasteiger partial charge in [-0.1, -0.05) is 25.7 Å². The van der Waals surface area contributed by atoms with E-state index in [1.807, 2.05) is 6.92 Å². The molecule has 0 radical (unpaired) electrons. The second-order valence-corrected chi connectivity index (χ2v) is 11.0. The molecule has 1 spiro atoms. The molecule has 8 nitrogen and oxygen atoms in total. The smallest absolute Gasteiger partial charge is 0.311 e. The lowest BCUT2D eigenvalue weighted by atomic mass is 9.71. The van der Waals surface area contributed by atoms with Crippen LogP contribution in [0.4, 0.5) is 5.69 Å². The summed E-state index contributed by atoms with van der Waals surface area (Å²) in [6.07, 6.45) is 5.00. The van der Waals surface area contributed by atoms with Gasteiger partial charge in [-0.3, -0.25) is 14.4 Å². The lowest BCUT2D eigenvalue weighted by molar-refractivity contribution is -0.153. The summed E-state index contributed by atoms with van der Waals surface area (Å²) in [5.41, 5.74) is 0.657. The molecule has 1 aromatic rings. The van der Waals surface area contributed by atoms with E-state index in [2.05, 4.69) is 13.2 Å². The summed E-state index contributed by atoms with van der Waals surface area (Å²) in [6.45, 7) is 9.38. The highest BCUT2D eigenvalue weighted by atomic mass is 32.2. The van der Waals surface area contributed by atoms with Crippen LogP contribution in [0.3, 0.4) is 0 Å². The van der Waals surface area contributed by atoms with Crippen LogP contribution in [0.1, 0.15) is 26.2 Å². The third kappa shape index (κ3) is 4.12. The van der Waals surface area contributed by atoms with Crippen LogP contribution < -0.4 is 9.64 Å². The van der Waals surface area contributed by atoms with Gasteiger partial charge < -0.3 is 24.4 Å². The first-order valence-corrected chi connectivity index (χ1v) is 13.2. The van der Waals surface area contributed by atoms with Crippen molar-refractivity contribution in [3.8, 4) is 5.75 Å². The fraction of sp³-hybridized carbons (Fsp3) is 0.519. The summed E-state index contributed by atoms with van der Waals surface area (Å²) < 4.78 is 9.89. The molecule has 9 heteroatoms. The minimum absolute atomic E-state index is 0.0749. The molecule has 2 unspecified atom stereocenters. The summed E-state index contributed by atoms with van der Waals surface area (Å²) in [6, 6.07) is 5.81. The van der Waals surface area contributed by atoms with Gasteiger partial charge in [0.15, 0.2) is 0 Å². The monoisotopic (exact) mass is 514 g/mol. The Hall–Kier alpha value is -2.78. The van der Waals surface area contributed by atoms with Crippen molar-refractivity contribution in [3.05, 3.63) is 49.6 Å². The number of carbonyl (C=O) groups is 3. The van der Waals surface area contributed by atoms with Crippen LogP contribution in [-0.2, 0) is 19.1 Å². The molecule has 0 saturated carbocycles. The molecule has 4 rings (SSSR count). The molecule has 2 amide bonds. The summed E-state index contributed by atoms with van der Waals surface area (Å²) in [5.74, 6) is -1.54. The van der Waals surface area contributed by atoms with Gasteiger partial charge in [0.1, 0.15) is 18.4 Å². The van der Waals surface area contributed by atoms with E-state index in [1.165, 1.54) is 6.08 Å². The number of aliphatic hydroxyl groups excluding tert-OH is 1. The van der Waals surface area contributed by atoms with Gasteiger partial charge in [0.05, 0.1) is 36.3 Å². The highest BCUT2D eigenvalue weighted by Crippen LogP contribution is 2.67. The highest BCUT2D eigenvalue weighted by molar-refractivity contribution is 8.02. The zero-order chi connectivity index (χ0) is 26.0. The molecule has 1 aromatic carbocycles. The zero-order valence-corrected chi connectivity index (χ0v) is 21.6. The van der Waals surface area contributed by atoms with Gasteiger partial charge in [0, 0.05) is 17.5 Å². The van der Waals surface area contributed by atoms with Crippen molar-refractivity contribution in [2.24, 2.45) is 11.8 Å². The number of likely N-dealkylation sites (tertiary alicyclic amines) is 1. The first kappa shape index (κ1) is 26.3. The number of aliphatic hydroxyl groups is 1. The van der Waals surface area contributed by atoms with Gasteiger partial charge in [-0.2, -0.15) is 0 Å². The third-order valence-corrected chi connectivity index (χ3v) is 9.58. The van der Waals surface area contributed by atoms with E-state index in [4.69, 9.17) is 9.47 Å². The van der Waals surface area contributed by atoms with Crippen LogP contribution in [0.15, 0.2) is 49.6 Å². The standard InChI is InChI=1S/C27H34N2O6S/c1-5-14-28(18-8-10-19(34-4)11-9-18)25(32)23-27-13-12-20(36-27)21(26(33)35-15-6-2)22(27)24(31)29(23)17(7-3)16-30/h5-6,8-11,17,20-23,30H,1-2,7,12-16H2,3-4H3/t17-,20-,21+,22-,23?,27?/m0/s1. The fourth-order valence-electron chi connectivity index (χ4n) is 6.04. The zero-order valence-electron chi connectivity index (χ0n) is 20.8. The van der Waals surface area contributed by atoms with Crippen LogP contribution in [0.2, 0.25) is 0 Å². The highest BCUT2D eigenvalue weighted by Gasteiger charge is 2.74. The van der Waals surface area contributed by atoms with E-state index in [0.29, 0.717) is 24.3 Å². The maximum absolute atomic E-state index is 14.4. The minimum atomic E-state index is -0.818. The third-order valence-electron chi connectivity index (χ3n) is 7.62. The van der Waals surface area contributed by atoms with Gasteiger partial charge >= 0.3 is 5.97 Å². The molecule has 1 N–H and O–H groups in total. The average molecular weight is 515 g/mol. The number of nitrogens with zero attached hydrogens (tertiary/aromatic N) is 2. The molecular weight excluding hydrogens is 480 g/mol. The van der Waals surface area contributed by atoms with E-state index in [1.54, 1.807) is 59.0 Å². The Morgan fingerprint density at radius 3 is 2.61 bits per heavy atom. The molecule has 3 fully saturated rings. The number of esters is 1. The van der Waals surface area contributed by atoms with Gasteiger partial charge in [-0.25, -0.2) is 0 Å². The van der Waals surface area contributed by atoms with Crippen molar-refractivity contribution >= 4 is 35.2 Å². The van der Waals surface area contributed by atoms with E-state index in [0.717, 1.165) is 6.42 Å². The number of carbonyl (C=O) groups excluding carboxylic acids is 3. The van der Waals surface area contributed by atoms with Crippen molar-refractivity contribution in [3.63, 3.8) is 0 Å². The molecule has 0 aliphatic carbocycles. The first-order chi connectivity index (χ1) is 17.4. The second kappa shape index (κ2) is 10.7. The molecule has 3 heterocycles. The Morgan fingerprint density at radius 1 is 1.31 bits per heavy atom. The Labute approximate surface area is 216 Å². The van der Waals surface area contributed by atoms with E-state index >= 15 is 0 Å². The lowest BCUT2D eigenvalue weighted by Crippen LogP contribution is -2.57. The van der Waals surface area contributed by atoms with Crippen molar-refractivity contribution in [1.82, 2.24) is 4.90 Å². The molecule has 0 aromatic heterocycles. The fourth-order valence-corrected chi connectivity index (χ4v) is 8.23. The molecule has 194 valence electrons. The van der Waals surface area contributed by atoms with E-state index < -0.39 is 34.6 Å². The van der Waals surface area contributed by atoms with Crippen molar-refractivity contribution in [2.45, 2.75) is 48.3 Å². The number of rotatable bonds is 11. The molecular formula is C27H34N2O6S. The normalized spacial score (nSPS) is 29.0. The molecule has 36 heavy (non-hydrogen) atoms. The topological polar surface area (TPSA) is 96.4 Å². The molecule has 6 atom stereocenters. The number of hydrogen-bond donors (Lipinski definition) is 1. The SMILES string of the molecule is C=CCOC(=O)[C@@H]1[C@@H]2CCC3(S2)C(C(=O)N(CC=C)c2ccc(OC)cc2)N([C@@H](CC)CO)C(=O)[C@H]13. The van der Waals surface area contributed by atoms with Crippen LogP contribution in [-0.4, -0.2) is 76.7 Å². The average Bonchev–Trinajstić information content (AvgIpc) is 3.54. The Morgan fingerprint density at radius 2 is 2.03 bits per heavy atom. The minimum Gasteiger partial charge on any atom is -0.497 e. The number of ether oxygens (including phenoxy) is 2. The van der Waals surface area contributed by atoms with Crippen molar-refractivity contribution in [1.29, 1.82) is 0 Å². The van der Waals surface area contributed by atoms with E-state index in [9.17, 15) is 19.5 Å². The maximum atomic E-state index is 14.4. The molecule has 3 aliphatic rings. The van der Waals surface area contributed by atoms with Crippen molar-refractivity contribution in [2.75, 3.05) is 31.8 Å². The van der Waals surface area contributed by atoms with Gasteiger partial charge in [-0.15, -0.1) is 18.3 Å². The van der Waals surface area contributed by atoms with Gasteiger partial charge in [-0.05, 0) is 43.5 Å². The lowest BCUT2D eigenvalue weighted by Gasteiger charge is -2.39. The van der Waals surface area contributed by atoms with E-state index in [-0.39, 0.29) is 36.8 Å². The Kier molecular flexibility index (Phi) is 7.80. The van der Waals surface area contributed by atoms with Crippen LogP contribution >= 0.6 is 11.8 Å². The number of anilines is 1. The number of methoxy groups -OCH3 is 1. The predicted molar refractivity (Wildman–Crippen MR) is 139 cm³/mol. The van der Waals surface area contributed by atoms with Crippen LogP contribution in [0.5, 0.6) is 5.75 Å². The summed E-state index contributed by atoms with van der Waals surface area (Å²) >= 11 is 1.57. The van der Waals surface area contributed by atoms with Gasteiger partial charge in [0.2, 0.25) is 5.91 Å².